The Kier molecular flexibility index (Phi) is 6.16. The van der Waals surface area contributed by atoms with Crippen molar-refractivity contribution in [2.75, 3.05) is 19.2 Å². The monoisotopic (exact) mass is 573 g/mol. The van der Waals surface area contributed by atoms with E-state index in [1.54, 1.807) is 36.9 Å². The van der Waals surface area contributed by atoms with Gasteiger partial charge in [-0.1, -0.05) is 24.3 Å². The minimum atomic E-state index is 0.0302. The summed E-state index contributed by atoms with van der Waals surface area (Å²) in [4.78, 5) is 6.13. The van der Waals surface area contributed by atoms with Gasteiger partial charge in [-0.3, -0.25) is 0 Å². The van der Waals surface area contributed by atoms with Crippen LogP contribution in [0.2, 0.25) is 0 Å². The predicted octanol–water partition coefficient (Wildman–Crippen LogP) is 6.85. The fraction of sp³-hybridized carbons (Fsp3) is 0.167. The number of hydrogen-bond donors (Lipinski definition) is 0. The van der Waals surface area contributed by atoms with Crippen molar-refractivity contribution < 1.29 is 9.47 Å². The maximum Gasteiger partial charge on any atom is 0.207 e. The Morgan fingerprint density at radius 1 is 1.00 bits per heavy atom. The first-order chi connectivity index (χ1) is 15.7. The van der Waals surface area contributed by atoms with Gasteiger partial charge < -0.3 is 9.47 Å². The van der Waals surface area contributed by atoms with Crippen LogP contribution in [0.4, 0.5) is 5.13 Å². The maximum absolute atomic E-state index is 5.56. The van der Waals surface area contributed by atoms with E-state index in [1.807, 2.05) is 12.1 Å². The molecule has 5 rings (SSSR count). The molecule has 0 unspecified atom stereocenters. The zero-order chi connectivity index (χ0) is 22.1. The molecule has 0 aliphatic carbocycles. The van der Waals surface area contributed by atoms with E-state index in [9.17, 15) is 0 Å². The van der Waals surface area contributed by atoms with Crippen LogP contribution >= 0.6 is 45.3 Å². The average Bonchev–Trinajstić information content (AvgIpc) is 3.59. The highest BCUT2D eigenvalue weighted by Crippen LogP contribution is 2.42. The molecule has 4 aromatic rings. The Morgan fingerprint density at radius 3 is 2.53 bits per heavy atom. The number of ether oxygens (including phenoxy) is 2. The number of aromatic nitrogens is 1. The highest BCUT2D eigenvalue weighted by atomic mass is 127. The molecule has 0 fully saturated rings. The fourth-order valence-electron chi connectivity index (χ4n) is 3.72. The van der Waals surface area contributed by atoms with Crippen molar-refractivity contribution >= 4 is 56.1 Å². The van der Waals surface area contributed by atoms with Crippen LogP contribution in [0, 0.1) is 3.57 Å². The van der Waals surface area contributed by atoms with Crippen molar-refractivity contribution in [3.05, 3.63) is 79.4 Å². The summed E-state index contributed by atoms with van der Waals surface area (Å²) in [6, 6.07) is 18.7. The maximum atomic E-state index is 5.56. The summed E-state index contributed by atoms with van der Waals surface area (Å²) in [6.45, 7) is 0. The molecule has 32 heavy (non-hydrogen) atoms. The molecule has 2 aromatic heterocycles. The number of halogens is 1. The molecule has 0 saturated heterocycles. The third kappa shape index (κ3) is 4.14. The smallest absolute Gasteiger partial charge is 0.207 e. The van der Waals surface area contributed by atoms with E-state index in [1.165, 1.54) is 8.45 Å². The number of thiophene rings is 1. The van der Waals surface area contributed by atoms with Crippen LogP contribution in [0.15, 0.2) is 70.5 Å². The van der Waals surface area contributed by atoms with Crippen molar-refractivity contribution in [2.24, 2.45) is 5.10 Å². The Bertz CT molecular complexity index is 1250. The number of hydrogen-bond acceptors (Lipinski definition) is 7. The quantitative estimate of drug-likeness (QED) is 0.237. The Balaban J connectivity index is 1.53. The lowest BCUT2D eigenvalue weighted by Crippen LogP contribution is -2.18. The molecule has 3 heterocycles. The van der Waals surface area contributed by atoms with Gasteiger partial charge in [0, 0.05) is 20.9 Å². The Morgan fingerprint density at radius 2 is 1.81 bits per heavy atom. The van der Waals surface area contributed by atoms with Crippen LogP contribution in [-0.4, -0.2) is 24.9 Å². The second-order valence-electron chi connectivity index (χ2n) is 7.23. The summed E-state index contributed by atoms with van der Waals surface area (Å²) < 4.78 is 12.2. The molecule has 1 atom stereocenters. The number of nitrogens with zero attached hydrogens (tertiary/aromatic N) is 3. The molecule has 0 radical (unpaired) electrons. The lowest BCUT2D eigenvalue weighted by molar-refractivity contribution is 0.354. The number of thiazole rings is 1. The summed E-state index contributed by atoms with van der Waals surface area (Å²) in [5.74, 6) is 1.43. The van der Waals surface area contributed by atoms with Gasteiger partial charge in [-0.2, -0.15) is 5.10 Å². The molecule has 1 aliphatic heterocycles. The molecule has 0 spiro atoms. The molecule has 0 amide bonds. The largest absolute Gasteiger partial charge is 0.493 e. The molecule has 0 bridgehead atoms. The third-order valence-electron chi connectivity index (χ3n) is 5.34. The summed E-state index contributed by atoms with van der Waals surface area (Å²) in [5, 5.41) is 12.1. The molecule has 5 nitrogen and oxygen atoms in total. The average molecular weight is 573 g/mol. The molecule has 2 aromatic carbocycles. The van der Waals surface area contributed by atoms with Crippen LogP contribution in [0.5, 0.6) is 11.5 Å². The molecular weight excluding hydrogens is 553 g/mol. The van der Waals surface area contributed by atoms with Gasteiger partial charge in [0.1, 0.15) is 0 Å². The van der Waals surface area contributed by atoms with Crippen molar-refractivity contribution in [1.82, 2.24) is 4.98 Å². The zero-order valence-corrected chi connectivity index (χ0v) is 21.3. The van der Waals surface area contributed by atoms with Gasteiger partial charge in [0.15, 0.2) is 11.5 Å². The van der Waals surface area contributed by atoms with E-state index in [4.69, 9.17) is 19.6 Å². The van der Waals surface area contributed by atoms with E-state index in [2.05, 4.69) is 80.8 Å². The second-order valence-corrected chi connectivity index (χ2v) is 10.3. The number of hydrazone groups is 1. The number of rotatable bonds is 6. The van der Waals surface area contributed by atoms with E-state index >= 15 is 0 Å². The van der Waals surface area contributed by atoms with Gasteiger partial charge in [0.05, 0.1) is 36.5 Å². The summed E-state index contributed by atoms with van der Waals surface area (Å²) in [7, 11) is 3.31. The molecule has 1 aliphatic rings. The molecule has 0 N–H and O–H groups in total. The van der Waals surface area contributed by atoms with E-state index in [-0.39, 0.29) is 6.04 Å². The summed E-state index contributed by atoms with van der Waals surface area (Å²) in [6.07, 6.45) is 0.800. The van der Waals surface area contributed by atoms with Gasteiger partial charge in [-0.15, -0.1) is 22.7 Å². The van der Waals surface area contributed by atoms with Gasteiger partial charge in [-0.05, 0) is 63.9 Å². The van der Waals surface area contributed by atoms with Crippen LogP contribution in [-0.2, 0) is 0 Å². The summed E-state index contributed by atoms with van der Waals surface area (Å²) in [5.41, 5.74) is 4.26. The van der Waals surface area contributed by atoms with Crippen molar-refractivity contribution in [2.45, 2.75) is 12.5 Å². The minimum Gasteiger partial charge on any atom is -0.493 e. The Labute approximate surface area is 208 Å². The van der Waals surface area contributed by atoms with Gasteiger partial charge >= 0.3 is 0 Å². The third-order valence-corrected chi connectivity index (χ3v) is 7.80. The van der Waals surface area contributed by atoms with Crippen LogP contribution in [0.25, 0.3) is 11.3 Å². The number of methoxy groups -OCH3 is 2. The first-order valence-electron chi connectivity index (χ1n) is 10.00. The van der Waals surface area contributed by atoms with Crippen molar-refractivity contribution in [1.29, 1.82) is 0 Å². The van der Waals surface area contributed by atoms with Crippen LogP contribution < -0.4 is 14.5 Å². The molecule has 162 valence electrons. The molecule has 8 heteroatoms. The zero-order valence-electron chi connectivity index (χ0n) is 17.5. The normalized spacial score (nSPS) is 15.7. The minimum absolute atomic E-state index is 0.0302. The van der Waals surface area contributed by atoms with Gasteiger partial charge in [-0.25, -0.2) is 9.99 Å². The standard InChI is InChI=1S/C24H20IN3O2S2/c1-29-21-10-7-16(12-22(21)30-2)20-13-18(23-4-3-11-31-23)27-28(20)24-26-19(14-32-24)15-5-8-17(25)9-6-15/h3-12,14,20H,13H2,1-2H3/t20-/m1/s1. The fourth-order valence-corrected chi connectivity index (χ4v) is 5.63. The van der Waals surface area contributed by atoms with E-state index in [0.717, 1.165) is 39.8 Å². The Hall–Kier alpha value is -2.43. The second kappa shape index (κ2) is 9.21. The first-order valence-corrected chi connectivity index (χ1v) is 12.8. The van der Waals surface area contributed by atoms with E-state index < -0.39 is 0 Å². The van der Waals surface area contributed by atoms with Crippen LogP contribution in [0.3, 0.4) is 0 Å². The van der Waals surface area contributed by atoms with Crippen LogP contribution in [0.1, 0.15) is 22.9 Å². The highest BCUT2D eigenvalue weighted by Gasteiger charge is 2.32. The van der Waals surface area contributed by atoms with Crippen molar-refractivity contribution in [3.8, 4) is 22.8 Å². The number of benzene rings is 2. The molecular formula is C24H20IN3O2S2. The first kappa shape index (κ1) is 21.4. The van der Waals surface area contributed by atoms with E-state index in [0.29, 0.717) is 5.75 Å². The highest BCUT2D eigenvalue weighted by molar-refractivity contribution is 14.1. The van der Waals surface area contributed by atoms with Crippen molar-refractivity contribution in [3.63, 3.8) is 0 Å². The van der Waals surface area contributed by atoms with Gasteiger partial charge in [0.2, 0.25) is 5.13 Å². The SMILES string of the molecule is COc1ccc([C@H]2CC(c3cccs3)=NN2c2nc(-c3ccc(I)cc3)cs2)cc1OC. The molecule has 0 saturated carbocycles. The predicted molar refractivity (Wildman–Crippen MR) is 141 cm³/mol. The number of anilines is 1. The lowest BCUT2D eigenvalue weighted by Gasteiger charge is -2.22. The van der Waals surface area contributed by atoms with Gasteiger partial charge in [0.25, 0.3) is 0 Å². The summed E-state index contributed by atoms with van der Waals surface area (Å²) >= 11 is 5.64. The lowest BCUT2D eigenvalue weighted by atomic mass is 10.0. The topological polar surface area (TPSA) is 47.0 Å².